The van der Waals surface area contributed by atoms with Crippen molar-refractivity contribution < 1.29 is 52.3 Å². The van der Waals surface area contributed by atoms with Gasteiger partial charge in [0.2, 0.25) is 0 Å². The zero-order chi connectivity index (χ0) is 32.1. The second kappa shape index (κ2) is 17.5. The lowest BCUT2D eigenvalue weighted by molar-refractivity contribution is -0.148. The summed E-state index contributed by atoms with van der Waals surface area (Å²) in [4.78, 5) is 49.4. The van der Waals surface area contributed by atoms with Gasteiger partial charge in [0.1, 0.15) is 37.1 Å². The van der Waals surface area contributed by atoms with Crippen LogP contribution in [0.3, 0.4) is 0 Å². The van der Waals surface area contributed by atoms with Crippen molar-refractivity contribution in [1.29, 1.82) is 0 Å². The Morgan fingerprint density at radius 3 is 1.88 bits per heavy atom. The molecule has 12 heteroatoms. The number of hydrogen-bond acceptors (Lipinski definition) is 12. The van der Waals surface area contributed by atoms with Gasteiger partial charge in [-0.05, 0) is 82.4 Å². The molecule has 0 aromatic heterocycles. The van der Waals surface area contributed by atoms with E-state index in [-0.39, 0.29) is 42.5 Å². The third-order valence-corrected chi connectivity index (χ3v) is 7.17. The first-order valence-electron chi connectivity index (χ1n) is 14.9. The minimum absolute atomic E-state index is 0.000702. The molecule has 2 rings (SSSR count). The van der Waals surface area contributed by atoms with Crippen LogP contribution in [0.2, 0.25) is 0 Å². The Morgan fingerprint density at radius 2 is 1.33 bits per heavy atom. The summed E-state index contributed by atoms with van der Waals surface area (Å²) in [7, 11) is 0. The van der Waals surface area contributed by atoms with Crippen molar-refractivity contribution in [1.82, 2.24) is 0 Å². The van der Waals surface area contributed by atoms with Crippen molar-refractivity contribution in [3.05, 3.63) is 23.8 Å². The van der Waals surface area contributed by atoms with Gasteiger partial charge in [0.25, 0.3) is 0 Å². The normalized spacial score (nSPS) is 16.4. The summed E-state index contributed by atoms with van der Waals surface area (Å²) in [5.41, 5.74) is 6.55. The fraction of sp³-hybridized carbons (Fsp3) is 0.677. The summed E-state index contributed by atoms with van der Waals surface area (Å²) in [6.45, 7) is 12.4. The van der Waals surface area contributed by atoms with E-state index in [1.807, 2.05) is 27.7 Å². The molecule has 1 aromatic rings. The van der Waals surface area contributed by atoms with Crippen LogP contribution in [0.25, 0.3) is 0 Å². The Morgan fingerprint density at radius 1 is 0.767 bits per heavy atom. The quantitative estimate of drug-likeness (QED) is 0.156. The first-order chi connectivity index (χ1) is 20.2. The molecule has 0 spiro atoms. The molecule has 2 unspecified atom stereocenters. The molecule has 1 fully saturated rings. The fourth-order valence-corrected chi connectivity index (χ4v) is 3.84. The van der Waals surface area contributed by atoms with Gasteiger partial charge in [0.05, 0.1) is 0 Å². The molecule has 0 radical (unpaired) electrons. The third kappa shape index (κ3) is 13.1. The smallest absolute Gasteiger partial charge is 0.461 e. The van der Waals surface area contributed by atoms with Crippen molar-refractivity contribution in [3.8, 4) is 11.5 Å². The van der Waals surface area contributed by atoms with Gasteiger partial charge in [0.15, 0.2) is 11.5 Å². The summed E-state index contributed by atoms with van der Waals surface area (Å²) in [6.07, 6.45) is 0.298. The highest BCUT2D eigenvalue weighted by Gasteiger charge is 2.24. The minimum Gasteiger partial charge on any atom is -0.461 e. The van der Waals surface area contributed by atoms with Gasteiger partial charge in [-0.2, -0.15) is 0 Å². The first-order valence-corrected chi connectivity index (χ1v) is 14.9. The molecular formula is C31H47NO11. The van der Waals surface area contributed by atoms with Crippen LogP contribution in [0.4, 0.5) is 14.4 Å². The molecule has 43 heavy (non-hydrogen) atoms. The van der Waals surface area contributed by atoms with Gasteiger partial charge in [0, 0.05) is 0 Å². The molecule has 0 aliphatic heterocycles. The van der Waals surface area contributed by atoms with E-state index in [0.717, 1.165) is 32.1 Å². The predicted octanol–water partition coefficient (Wildman–Crippen LogP) is 6.09. The molecule has 1 aliphatic carbocycles. The number of hydrogen-bond donors (Lipinski definition) is 1. The predicted molar refractivity (Wildman–Crippen MR) is 156 cm³/mol. The maximum absolute atomic E-state index is 12.6. The summed E-state index contributed by atoms with van der Waals surface area (Å²) < 4.78 is 36.9. The second-order valence-electron chi connectivity index (χ2n) is 11.6. The van der Waals surface area contributed by atoms with E-state index in [4.69, 9.17) is 38.9 Å². The molecular weight excluding hydrogens is 562 g/mol. The topological polar surface area (TPSA) is 159 Å². The van der Waals surface area contributed by atoms with Gasteiger partial charge in [-0.1, -0.05) is 40.2 Å². The molecule has 0 bridgehead atoms. The largest absolute Gasteiger partial charge is 0.514 e. The van der Waals surface area contributed by atoms with E-state index < -0.39 is 48.8 Å². The van der Waals surface area contributed by atoms with E-state index in [1.165, 1.54) is 12.1 Å². The molecule has 0 heterocycles. The SMILES string of the molecule is CC(C)C(C)OC(=O)Oc1ccc(C[C@H](N)C(=O)OC[C@H](C)OC(=O)OC2CCCCC2)cc1OC(=O)OC(C)C(C)C. The highest BCUT2D eigenvalue weighted by atomic mass is 16.8. The number of benzene rings is 1. The minimum atomic E-state index is -1.09. The number of rotatable bonds is 13. The Balaban J connectivity index is 2.00. The van der Waals surface area contributed by atoms with Crippen LogP contribution in [0.15, 0.2) is 18.2 Å². The van der Waals surface area contributed by atoms with E-state index in [1.54, 1.807) is 26.8 Å². The maximum Gasteiger partial charge on any atom is 0.514 e. The molecule has 1 saturated carbocycles. The highest BCUT2D eigenvalue weighted by molar-refractivity contribution is 5.76. The highest BCUT2D eigenvalue weighted by Crippen LogP contribution is 2.30. The van der Waals surface area contributed by atoms with Crippen molar-refractivity contribution in [2.24, 2.45) is 17.6 Å². The summed E-state index contributed by atoms with van der Waals surface area (Å²) in [5, 5.41) is 0. The Bertz CT molecular complexity index is 1070. The first kappa shape index (κ1) is 35.7. The monoisotopic (exact) mass is 609 g/mol. The molecule has 1 aromatic carbocycles. The van der Waals surface area contributed by atoms with Gasteiger partial charge >= 0.3 is 24.4 Å². The standard InChI is InChI=1S/C31H47NO11/c1-18(2)21(6)39-30(35)42-26-14-13-23(16-27(26)43-31(36)40-22(7)19(3)4)15-25(32)28(33)37-17-20(5)38-29(34)41-24-11-9-8-10-12-24/h13-14,16,18-22,24-25H,8-12,15,17,32H2,1-7H3/t20-,21?,22?,25-/m0/s1. The van der Waals surface area contributed by atoms with Crippen LogP contribution in [0.5, 0.6) is 11.5 Å². The van der Waals surface area contributed by atoms with Gasteiger partial charge < -0.3 is 38.9 Å². The number of ether oxygens (including phenoxy) is 7. The van der Waals surface area contributed by atoms with E-state index >= 15 is 0 Å². The van der Waals surface area contributed by atoms with Crippen molar-refractivity contribution in [3.63, 3.8) is 0 Å². The van der Waals surface area contributed by atoms with Gasteiger partial charge in [-0.3, -0.25) is 4.79 Å². The number of nitrogens with two attached hydrogens (primary N) is 1. The molecule has 242 valence electrons. The Labute approximate surface area is 253 Å². The summed E-state index contributed by atoms with van der Waals surface area (Å²) >= 11 is 0. The van der Waals surface area contributed by atoms with Crippen molar-refractivity contribution in [2.75, 3.05) is 6.61 Å². The van der Waals surface area contributed by atoms with Crippen molar-refractivity contribution >= 4 is 24.4 Å². The molecule has 0 amide bonds. The fourth-order valence-electron chi connectivity index (χ4n) is 3.84. The van der Waals surface area contributed by atoms with Crippen LogP contribution in [-0.2, 0) is 34.9 Å². The lowest BCUT2D eigenvalue weighted by Crippen LogP contribution is -2.36. The van der Waals surface area contributed by atoms with Crippen LogP contribution < -0.4 is 15.2 Å². The lowest BCUT2D eigenvalue weighted by Gasteiger charge is -2.22. The molecule has 2 N–H and O–H groups in total. The zero-order valence-electron chi connectivity index (χ0n) is 26.3. The third-order valence-electron chi connectivity index (χ3n) is 7.17. The summed E-state index contributed by atoms with van der Waals surface area (Å²) in [6, 6.07) is 3.28. The average Bonchev–Trinajstić information content (AvgIpc) is 2.93. The maximum atomic E-state index is 12.6. The number of carbonyl (C=O) groups is 4. The van der Waals surface area contributed by atoms with Crippen molar-refractivity contribution in [2.45, 2.75) is 117 Å². The van der Waals surface area contributed by atoms with E-state index in [0.29, 0.717) is 5.56 Å². The second-order valence-corrected chi connectivity index (χ2v) is 11.6. The molecule has 4 atom stereocenters. The lowest BCUT2D eigenvalue weighted by atomic mass is 9.98. The molecule has 0 saturated heterocycles. The van der Waals surface area contributed by atoms with Crippen LogP contribution >= 0.6 is 0 Å². The molecule has 12 nitrogen and oxygen atoms in total. The van der Waals surface area contributed by atoms with Crippen LogP contribution in [0.1, 0.15) is 86.1 Å². The van der Waals surface area contributed by atoms with Crippen LogP contribution in [0, 0.1) is 11.8 Å². The number of carbonyl (C=O) groups excluding carboxylic acids is 4. The molecule has 1 aliphatic rings. The Hall–Kier alpha value is -3.54. The Kier molecular flexibility index (Phi) is 14.5. The van der Waals surface area contributed by atoms with Crippen LogP contribution in [-0.4, -0.2) is 61.5 Å². The van der Waals surface area contributed by atoms with Gasteiger partial charge in [-0.25, -0.2) is 14.4 Å². The zero-order valence-corrected chi connectivity index (χ0v) is 26.3. The van der Waals surface area contributed by atoms with E-state index in [9.17, 15) is 19.2 Å². The summed E-state index contributed by atoms with van der Waals surface area (Å²) in [5.74, 6) is -0.825. The van der Waals surface area contributed by atoms with Gasteiger partial charge in [-0.15, -0.1) is 0 Å². The van der Waals surface area contributed by atoms with E-state index in [2.05, 4.69) is 0 Å². The average molecular weight is 610 g/mol. The number of esters is 1.